The molecule has 0 atom stereocenters. The SMILES string of the molecule is Cc1ccc2c3ccccc3n(-c3ccc(-c4cccnc4)c(-c4nc(-c5ccccc5)nc(-c5ccccc5)n4)c3)c2c1. The largest absolute Gasteiger partial charge is 0.309 e. The first-order chi connectivity index (χ1) is 21.7. The van der Waals surface area contributed by atoms with Gasteiger partial charge in [-0.1, -0.05) is 103 Å². The highest BCUT2D eigenvalue weighted by molar-refractivity contribution is 6.09. The van der Waals surface area contributed by atoms with Crippen molar-refractivity contribution in [1.82, 2.24) is 24.5 Å². The molecule has 0 saturated carbocycles. The summed E-state index contributed by atoms with van der Waals surface area (Å²) in [5.41, 5.74) is 9.34. The normalized spacial score (nSPS) is 11.3. The molecule has 0 fully saturated rings. The quantitative estimate of drug-likeness (QED) is 0.209. The summed E-state index contributed by atoms with van der Waals surface area (Å²) in [6.07, 6.45) is 3.68. The summed E-state index contributed by atoms with van der Waals surface area (Å²) >= 11 is 0. The van der Waals surface area contributed by atoms with Crippen molar-refractivity contribution >= 4 is 21.8 Å². The number of hydrogen-bond acceptors (Lipinski definition) is 4. The first-order valence-electron chi connectivity index (χ1n) is 14.6. The fourth-order valence-electron chi connectivity index (χ4n) is 5.92. The molecule has 5 heteroatoms. The Labute approximate surface area is 255 Å². The van der Waals surface area contributed by atoms with Gasteiger partial charge in [0.1, 0.15) is 0 Å². The van der Waals surface area contributed by atoms with Crippen LogP contribution in [0.4, 0.5) is 0 Å². The van der Waals surface area contributed by atoms with E-state index in [9.17, 15) is 0 Å². The number of aromatic nitrogens is 5. The Morgan fingerprint density at radius 1 is 0.477 bits per heavy atom. The Morgan fingerprint density at radius 3 is 1.82 bits per heavy atom. The van der Waals surface area contributed by atoms with Gasteiger partial charge in [-0.05, 0) is 48.4 Å². The summed E-state index contributed by atoms with van der Waals surface area (Å²) < 4.78 is 2.34. The molecule has 0 bridgehead atoms. The lowest BCUT2D eigenvalue weighted by molar-refractivity contribution is 1.07. The van der Waals surface area contributed by atoms with Gasteiger partial charge in [0, 0.05) is 51.1 Å². The first kappa shape index (κ1) is 25.7. The molecule has 0 radical (unpaired) electrons. The fourth-order valence-corrected chi connectivity index (χ4v) is 5.92. The third-order valence-corrected chi connectivity index (χ3v) is 8.00. The van der Waals surface area contributed by atoms with Crippen LogP contribution in [0.5, 0.6) is 0 Å². The second-order valence-corrected chi connectivity index (χ2v) is 10.9. The minimum atomic E-state index is 0.607. The van der Waals surface area contributed by atoms with E-state index in [0.29, 0.717) is 17.5 Å². The first-order valence-corrected chi connectivity index (χ1v) is 14.6. The molecule has 0 saturated heterocycles. The lowest BCUT2D eigenvalue weighted by Gasteiger charge is -2.15. The number of fused-ring (bicyclic) bond motifs is 3. The van der Waals surface area contributed by atoms with Crippen LogP contribution < -0.4 is 0 Å². The van der Waals surface area contributed by atoms with Gasteiger partial charge in [0.25, 0.3) is 0 Å². The monoisotopic (exact) mass is 565 g/mol. The van der Waals surface area contributed by atoms with Crippen molar-refractivity contribution in [3.8, 4) is 51.0 Å². The minimum absolute atomic E-state index is 0.607. The van der Waals surface area contributed by atoms with E-state index in [0.717, 1.165) is 44.5 Å². The lowest BCUT2D eigenvalue weighted by atomic mass is 9.99. The van der Waals surface area contributed by atoms with Gasteiger partial charge in [-0.25, -0.2) is 15.0 Å². The molecule has 0 N–H and O–H groups in total. The van der Waals surface area contributed by atoms with Gasteiger partial charge in [-0.15, -0.1) is 0 Å². The Bertz CT molecular complexity index is 2220. The molecule has 0 unspecified atom stereocenters. The summed E-state index contributed by atoms with van der Waals surface area (Å²) in [5, 5.41) is 2.44. The van der Waals surface area contributed by atoms with Gasteiger partial charge in [0.2, 0.25) is 0 Å². The van der Waals surface area contributed by atoms with Crippen LogP contribution >= 0.6 is 0 Å². The third kappa shape index (κ3) is 4.52. The zero-order chi connectivity index (χ0) is 29.5. The molecule has 44 heavy (non-hydrogen) atoms. The van der Waals surface area contributed by atoms with Gasteiger partial charge < -0.3 is 4.57 Å². The van der Waals surface area contributed by atoms with E-state index in [-0.39, 0.29) is 0 Å². The Kier molecular flexibility index (Phi) is 6.27. The Morgan fingerprint density at radius 2 is 1.11 bits per heavy atom. The zero-order valence-electron chi connectivity index (χ0n) is 24.1. The molecule has 8 rings (SSSR count). The fraction of sp³-hybridized carbons (Fsp3) is 0.0256. The van der Waals surface area contributed by atoms with Crippen molar-refractivity contribution in [2.45, 2.75) is 6.92 Å². The molecule has 8 aromatic rings. The molecule has 3 heterocycles. The number of para-hydroxylation sites is 1. The molecule has 0 aliphatic rings. The van der Waals surface area contributed by atoms with Crippen LogP contribution in [-0.2, 0) is 0 Å². The summed E-state index contributed by atoms with van der Waals surface area (Å²) in [5.74, 6) is 1.87. The number of rotatable bonds is 5. The smallest absolute Gasteiger partial charge is 0.164 e. The van der Waals surface area contributed by atoms with E-state index in [1.807, 2.05) is 72.9 Å². The predicted octanol–water partition coefficient (Wildman–Crippen LogP) is 9.34. The van der Waals surface area contributed by atoms with E-state index >= 15 is 0 Å². The standard InChI is InChI=1S/C39H27N5/c1-26-18-20-33-32-16-8-9-17-35(32)44(36(33)23-26)30-19-21-31(29-15-10-22-40-25-29)34(24-30)39-42-37(27-11-4-2-5-12-27)41-38(43-39)28-13-6-3-7-14-28/h2-25H,1H3. The lowest BCUT2D eigenvalue weighted by Crippen LogP contribution is -2.02. The maximum atomic E-state index is 5.09. The van der Waals surface area contributed by atoms with Gasteiger partial charge in [0.05, 0.1) is 11.0 Å². The van der Waals surface area contributed by atoms with Crippen LogP contribution in [0.2, 0.25) is 0 Å². The van der Waals surface area contributed by atoms with Crippen LogP contribution in [0, 0.1) is 6.92 Å². The molecule has 0 amide bonds. The topological polar surface area (TPSA) is 56.5 Å². The molecule has 5 nitrogen and oxygen atoms in total. The van der Waals surface area contributed by atoms with E-state index in [1.165, 1.54) is 16.3 Å². The summed E-state index contributed by atoms with van der Waals surface area (Å²) in [6, 6.07) is 46.0. The van der Waals surface area contributed by atoms with Gasteiger partial charge >= 0.3 is 0 Å². The molecule has 3 aromatic heterocycles. The average molecular weight is 566 g/mol. The van der Waals surface area contributed by atoms with Crippen LogP contribution in [0.1, 0.15) is 5.56 Å². The Balaban J connectivity index is 1.43. The second-order valence-electron chi connectivity index (χ2n) is 10.9. The van der Waals surface area contributed by atoms with Crippen LogP contribution in [0.25, 0.3) is 72.8 Å². The van der Waals surface area contributed by atoms with E-state index in [1.54, 1.807) is 6.20 Å². The highest BCUT2D eigenvalue weighted by atomic mass is 15.0. The van der Waals surface area contributed by atoms with Crippen molar-refractivity contribution < 1.29 is 0 Å². The molecular weight excluding hydrogens is 538 g/mol. The second kappa shape index (κ2) is 10.7. The Hall–Kier alpha value is -5.94. The molecule has 208 valence electrons. The number of nitrogens with zero attached hydrogens (tertiary/aromatic N) is 5. The van der Waals surface area contributed by atoms with Crippen molar-refractivity contribution in [3.05, 3.63) is 151 Å². The maximum absolute atomic E-state index is 5.09. The highest BCUT2D eigenvalue weighted by Gasteiger charge is 2.19. The van der Waals surface area contributed by atoms with Crippen molar-refractivity contribution in [2.24, 2.45) is 0 Å². The minimum Gasteiger partial charge on any atom is -0.309 e. The van der Waals surface area contributed by atoms with Gasteiger partial charge in [-0.3, -0.25) is 4.98 Å². The van der Waals surface area contributed by atoms with Crippen LogP contribution in [-0.4, -0.2) is 24.5 Å². The molecule has 0 aliphatic heterocycles. The molecular formula is C39H27N5. The molecule has 0 spiro atoms. The van der Waals surface area contributed by atoms with E-state index in [2.05, 4.69) is 83.2 Å². The summed E-state index contributed by atoms with van der Waals surface area (Å²) in [4.78, 5) is 19.5. The summed E-state index contributed by atoms with van der Waals surface area (Å²) in [6.45, 7) is 2.14. The summed E-state index contributed by atoms with van der Waals surface area (Å²) in [7, 11) is 0. The van der Waals surface area contributed by atoms with E-state index < -0.39 is 0 Å². The van der Waals surface area contributed by atoms with Gasteiger partial charge in [0.15, 0.2) is 17.5 Å². The third-order valence-electron chi connectivity index (χ3n) is 8.00. The predicted molar refractivity (Wildman–Crippen MR) is 178 cm³/mol. The number of aryl methyl sites for hydroxylation is 1. The van der Waals surface area contributed by atoms with Gasteiger partial charge in [-0.2, -0.15) is 0 Å². The van der Waals surface area contributed by atoms with E-state index in [4.69, 9.17) is 15.0 Å². The number of hydrogen-bond donors (Lipinski definition) is 0. The number of benzene rings is 5. The van der Waals surface area contributed by atoms with Crippen LogP contribution in [0.3, 0.4) is 0 Å². The van der Waals surface area contributed by atoms with Crippen molar-refractivity contribution in [1.29, 1.82) is 0 Å². The van der Waals surface area contributed by atoms with Crippen molar-refractivity contribution in [2.75, 3.05) is 0 Å². The molecule has 5 aromatic carbocycles. The zero-order valence-corrected chi connectivity index (χ0v) is 24.1. The van der Waals surface area contributed by atoms with Crippen LogP contribution in [0.15, 0.2) is 146 Å². The average Bonchev–Trinajstić information content (AvgIpc) is 3.42. The molecule has 0 aliphatic carbocycles. The maximum Gasteiger partial charge on any atom is 0.164 e. The number of pyridine rings is 1. The highest BCUT2D eigenvalue weighted by Crippen LogP contribution is 2.37. The van der Waals surface area contributed by atoms with Crippen molar-refractivity contribution in [3.63, 3.8) is 0 Å².